The van der Waals surface area contributed by atoms with Crippen LogP contribution >= 0.6 is 15.9 Å². The van der Waals surface area contributed by atoms with Gasteiger partial charge in [-0.2, -0.15) is 4.31 Å². The number of nitrogens with zero attached hydrogens (tertiary/aromatic N) is 2. The Balaban J connectivity index is 3.11. The number of hydrogen-bond donors (Lipinski definition) is 0. The van der Waals surface area contributed by atoms with Gasteiger partial charge in [0.25, 0.3) is 0 Å². The van der Waals surface area contributed by atoms with Crippen molar-refractivity contribution >= 4 is 31.9 Å². The first-order valence-corrected chi connectivity index (χ1v) is 9.67. The minimum absolute atomic E-state index is 0.0450. The zero-order valence-corrected chi connectivity index (χ0v) is 16.3. The summed E-state index contributed by atoms with van der Waals surface area (Å²) in [6, 6.07) is 4.80. The molecule has 0 saturated heterocycles. The van der Waals surface area contributed by atoms with Gasteiger partial charge in [-0.15, -0.1) is 0 Å². The molecule has 0 fully saturated rings. The Kier molecular flexibility index (Phi) is 7.50. The first kappa shape index (κ1) is 19.9. The Bertz CT molecular complexity index is 645. The maximum atomic E-state index is 12.8. The van der Waals surface area contributed by atoms with Crippen LogP contribution in [0.4, 0.5) is 0 Å². The van der Waals surface area contributed by atoms with Crippen molar-refractivity contribution in [2.24, 2.45) is 0 Å². The summed E-state index contributed by atoms with van der Waals surface area (Å²) >= 11 is 3.27. The van der Waals surface area contributed by atoms with E-state index in [2.05, 4.69) is 15.9 Å². The Hall–Kier alpha value is -1.12. The number of likely N-dealkylation sites (N-methyl/N-ethyl adjacent to an activating group) is 2. The molecule has 130 valence electrons. The van der Waals surface area contributed by atoms with Crippen molar-refractivity contribution in [1.82, 2.24) is 9.21 Å². The number of sulfonamides is 1. The average molecular weight is 407 g/mol. The standard InChI is InChI=1S/C15H23BrN2O4S/c1-5-18(6-2)15(19)11-17(4)23(20,21)14-10-12(16)8-9-13(14)22-7-3/h8-10H,5-7,11H2,1-4H3. The molecule has 1 amide bonds. The van der Waals surface area contributed by atoms with Gasteiger partial charge in [0.05, 0.1) is 13.2 Å². The fourth-order valence-corrected chi connectivity index (χ4v) is 3.86. The third kappa shape index (κ3) is 4.92. The van der Waals surface area contributed by atoms with Crippen LogP contribution in [0.5, 0.6) is 5.75 Å². The SMILES string of the molecule is CCOc1ccc(Br)cc1S(=O)(=O)N(C)CC(=O)N(CC)CC. The van der Waals surface area contributed by atoms with Gasteiger partial charge in [-0.1, -0.05) is 15.9 Å². The highest BCUT2D eigenvalue weighted by Crippen LogP contribution is 2.29. The molecule has 0 N–H and O–H groups in total. The van der Waals surface area contributed by atoms with Gasteiger partial charge in [0, 0.05) is 24.6 Å². The largest absolute Gasteiger partial charge is 0.492 e. The first-order chi connectivity index (χ1) is 10.8. The van der Waals surface area contributed by atoms with E-state index < -0.39 is 10.0 Å². The third-order valence-corrected chi connectivity index (χ3v) is 5.69. The Labute approximate surface area is 146 Å². The number of rotatable bonds is 8. The molecule has 0 radical (unpaired) electrons. The highest BCUT2D eigenvalue weighted by Gasteiger charge is 2.27. The average Bonchev–Trinajstić information content (AvgIpc) is 2.50. The molecule has 23 heavy (non-hydrogen) atoms. The molecule has 6 nitrogen and oxygen atoms in total. The van der Waals surface area contributed by atoms with Crippen LogP contribution in [0, 0.1) is 0 Å². The van der Waals surface area contributed by atoms with E-state index >= 15 is 0 Å². The number of carbonyl (C=O) groups excluding carboxylic acids is 1. The van der Waals surface area contributed by atoms with Crippen LogP contribution in [0.15, 0.2) is 27.6 Å². The molecule has 0 spiro atoms. The summed E-state index contributed by atoms with van der Waals surface area (Å²) in [5.74, 6) is 0.0480. The van der Waals surface area contributed by atoms with Crippen LogP contribution in [0.1, 0.15) is 20.8 Å². The normalized spacial score (nSPS) is 11.6. The molecule has 1 rings (SSSR count). The van der Waals surface area contributed by atoms with Gasteiger partial charge in [-0.3, -0.25) is 4.79 Å². The molecule has 8 heteroatoms. The molecule has 1 aromatic carbocycles. The molecule has 0 bridgehead atoms. The molecule has 0 atom stereocenters. The fraction of sp³-hybridized carbons (Fsp3) is 0.533. The molecule has 0 aromatic heterocycles. The lowest BCUT2D eigenvalue weighted by Gasteiger charge is -2.23. The molecule has 0 unspecified atom stereocenters. The van der Waals surface area contributed by atoms with E-state index in [0.29, 0.717) is 24.2 Å². The van der Waals surface area contributed by atoms with Crippen molar-refractivity contribution in [2.45, 2.75) is 25.7 Å². The molecule has 0 aliphatic carbocycles. The second-order valence-electron chi connectivity index (χ2n) is 4.85. The van der Waals surface area contributed by atoms with Crippen LogP contribution in [0.3, 0.4) is 0 Å². The van der Waals surface area contributed by atoms with Gasteiger partial charge in [0.2, 0.25) is 15.9 Å². The van der Waals surface area contributed by atoms with E-state index in [9.17, 15) is 13.2 Å². The predicted octanol–water partition coefficient (Wildman–Crippen LogP) is 2.34. The minimum atomic E-state index is -3.83. The molecule has 0 aliphatic heterocycles. The summed E-state index contributed by atoms with van der Waals surface area (Å²) in [5, 5.41) is 0. The van der Waals surface area contributed by atoms with Crippen LogP contribution in [-0.2, 0) is 14.8 Å². The number of halogens is 1. The van der Waals surface area contributed by atoms with Gasteiger partial charge in [-0.05, 0) is 39.0 Å². The summed E-state index contributed by atoms with van der Waals surface area (Å²) in [6.07, 6.45) is 0. The van der Waals surface area contributed by atoms with E-state index in [1.165, 1.54) is 13.1 Å². The Morgan fingerprint density at radius 2 is 1.83 bits per heavy atom. The zero-order chi connectivity index (χ0) is 17.6. The van der Waals surface area contributed by atoms with Crippen molar-refractivity contribution in [3.63, 3.8) is 0 Å². The van der Waals surface area contributed by atoms with Crippen LogP contribution in [0.25, 0.3) is 0 Å². The number of benzene rings is 1. The molecule has 0 heterocycles. The van der Waals surface area contributed by atoms with Crippen LogP contribution in [-0.4, -0.2) is 56.8 Å². The molecular formula is C15H23BrN2O4S. The highest BCUT2D eigenvalue weighted by molar-refractivity contribution is 9.10. The monoisotopic (exact) mass is 406 g/mol. The summed E-state index contributed by atoms with van der Waals surface area (Å²) in [7, 11) is -2.43. The van der Waals surface area contributed by atoms with Gasteiger partial charge in [-0.25, -0.2) is 8.42 Å². The molecular weight excluding hydrogens is 384 g/mol. The zero-order valence-electron chi connectivity index (χ0n) is 13.9. The highest BCUT2D eigenvalue weighted by atomic mass is 79.9. The summed E-state index contributed by atoms with van der Waals surface area (Å²) in [6.45, 7) is 6.74. The van der Waals surface area contributed by atoms with Crippen molar-refractivity contribution in [3.05, 3.63) is 22.7 Å². The van der Waals surface area contributed by atoms with Crippen LogP contribution in [0.2, 0.25) is 0 Å². The quantitative estimate of drug-likeness (QED) is 0.664. The molecule has 0 aliphatic rings. The van der Waals surface area contributed by atoms with E-state index in [4.69, 9.17) is 4.74 Å². The smallest absolute Gasteiger partial charge is 0.247 e. The third-order valence-electron chi connectivity index (χ3n) is 3.37. The lowest BCUT2D eigenvalue weighted by molar-refractivity contribution is -0.130. The predicted molar refractivity (Wildman–Crippen MR) is 93.1 cm³/mol. The van der Waals surface area contributed by atoms with E-state index in [0.717, 1.165) is 4.31 Å². The van der Waals surface area contributed by atoms with E-state index in [1.807, 2.05) is 13.8 Å². The Morgan fingerprint density at radius 3 is 2.35 bits per heavy atom. The molecule has 1 aromatic rings. The van der Waals surface area contributed by atoms with Crippen molar-refractivity contribution < 1.29 is 17.9 Å². The number of hydrogen-bond acceptors (Lipinski definition) is 4. The minimum Gasteiger partial charge on any atom is -0.492 e. The lowest BCUT2D eigenvalue weighted by Crippen LogP contribution is -2.41. The van der Waals surface area contributed by atoms with Gasteiger partial charge < -0.3 is 9.64 Å². The van der Waals surface area contributed by atoms with Gasteiger partial charge >= 0.3 is 0 Å². The van der Waals surface area contributed by atoms with E-state index in [-0.39, 0.29) is 23.1 Å². The maximum absolute atomic E-state index is 12.8. The van der Waals surface area contributed by atoms with Crippen LogP contribution < -0.4 is 4.74 Å². The van der Waals surface area contributed by atoms with Gasteiger partial charge in [0.1, 0.15) is 10.6 Å². The second-order valence-corrected chi connectivity index (χ2v) is 7.78. The first-order valence-electron chi connectivity index (χ1n) is 7.44. The second kappa shape index (κ2) is 8.65. The van der Waals surface area contributed by atoms with Crippen molar-refractivity contribution in [2.75, 3.05) is 33.3 Å². The Morgan fingerprint density at radius 1 is 1.22 bits per heavy atom. The van der Waals surface area contributed by atoms with Crippen molar-refractivity contribution in [1.29, 1.82) is 0 Å². The fourth-order valence-electron chi connectivity index (χ4n) is 2.08. The lowest BCUT2D eigenvalue weighted by atomic mass is 10.3. The summed E-state index contributed by atoms with van der Waals surface area (Å²) < 4.78 is 32.6. The van der Waals surface area contributed by atoms with Crippen molar-refractivity contribution in [3.8, 4) is 5.75 Å². The van der Waals surface area contributed by atoms with Gasteiger partial charge in [0.15, 0.2) is 0 Å². The number of ether oxygens (including phenoxy) is 1. The molecule has 0 saturated carbocycles. The number of amides is 1. The topological polar surface area (TPSA) is 66.9 Å². The maximum Gasteiger partial charge on any atom is 0.247 e. The van der Waals surface area contributed by atoms with E-state index in [1.54, 1.807) is 24.0 Å². The number of carbonyl (C=O) groups is 1. The summed E-state index contributed by atoms with van der Waals surface area (Å²) in [4.78, 5) is 13.8. The summed E-state index contributed by atoms with van der Waals surface area (Å²) in [5.41, 5.74) is 0.